The summed E-state index contributed by atoms with van der Waals surface area (Å²) in [7, 11) is 3.83. The first kappa shape index (κ1) is 29.0. The van der Waals surface area contributed by atoms with Gasteiger partial charge in [-0.1, -0.05) is 12.1 Å². The van der Waals surface area contributed by atoms with E-state index in [2.05, 4.69) is 5.32 Å². The van der Waals surface area contributed by atoms with E-state index in [-0.39, 0.29) is 18.9 Å². The van der Waals surface area contributed by atoms with Gasteiger partial charge in [-0.25, -0.2) is 14.4 Å². The molecule has 5 heterocycles. The number of benzene rings is 3. The van der Waals surface area contributed by atoms with Gasteiger partial charge in [0, 0.05) is 46.7 Å². The molecule has 3 aliphatic rings. The maximum Gasteiger partial charge on any atom is 0.343 e. The van der Waals surface area contributed by atoms with Crippen LogP contribution in [0.15, 0.2) is 48.6 Å². The average molecular weight is 636 g/mol. The van der Waals surface area contributed by atoms with Gasteiger partial charge in [-0.15, -0.1) is 0 Å². The quantitative estimate of drug-likeness (QED) is 0.166. The van der Waals surface area contributed by atoms with Crippen molar-refractivity contribution < 1.29 is 43.2 Å². The van der Waals surface area contributed by atoms with Gasteiger partial charge in [-0.3, -0.25) is 4.79 Å². The number of ether oxygens (including phenoxy) is 4. The number of carbonyl (C=O) groups excluding carboxylic acids is 4. The van der Waals surface area contributed by atoms with Crippen LogP contribution in [0.1, 0.15) is 46.6 Å². The molecule has 12 nitrogen and oxygen atoms in total. The molecule has 1 fully saturated rings. The fourth-order valence-corrected chi connectivity index (χ4v) is 7.70. The number of carbonyl (C=O) groups is 4. The molecule has 0 radical (unpaired) electrons. The zero-order valence-electron chi connectivity index (χ0n) is 25.9. The number of nitrogens with zero attached hydrogens (tertiary/aromatic N) is 2. The molecule has 0 saturated carbocycles. The summed E-state index contributed by atoms with van der Waals surface area (Å²) in [4.78, 5) is 50.9. The molecular formula is C35H29N3O9. The third kappa shape index (κ3) is 3.64. The lowest BCUT2D eigenvalue weighted by Gasteiger charge is -2.37. The lowest BCUT2D eigenvalue weighted by atomic mass is 9.88. The maximum absolute atomic E-state index is 13.7. The molecule has 0 spiro atoms. The number of hydrogen-bond donors (Lipinski definition) is 2. The second-order valence-corrected chi connectivity index (χ2v) is 12.1. The van der Waals surface area contributed by atoms with Gasteiger partial charge in [0.05, 0.1) is 49.0 Å². The smallest absolute Gasteiger partial charge is 0.343 e. The monoisotopic (exact) mass is 635 g/mol. The molecule has 2 bridgehead atoms. The van der Waals surface area contributed by atoms with Gasteiger partial charge >= 0.3 is 17.9 Å². The van der Waals surface area contributed by atoms with Crippen LogP contribution in [-0.2, 0) is 45.6 Å². The van der Waals surface area contributed by atoms with E-state index in [0.29, 0.717) is 44.1 Å². The molecule has 3 atom stereocenters. The predicted octanol–water partition coefficient (Wildman–Crippen LogP) is 4.03. The molecule has 47 heavy (non-hydrogen) atoms. The molecule has 12 heteroatoms. The summed E-state index contributed by atoms with van der Waals surface area (Å²) in [5.41, 5.74) is 1.72. The van der Waals surface area contributed by atoms with E-state index in [1.165, 1.54) is 33.5 Å². The van der Waals surface area contributed by atoms with Crippen molar-refractivity contribution in [3.05, 3.63) is 70.8 Å². The van der Waals surface area contributed by atoms with Gasteiger partial charge in [-0.05, 0) is 60.0 Å². The summed E-state index contributed by atoms with van der Waals surface area (Å²) >= 11 is 0. The fraction of sp³-hybridized carbons (Fsp3) is 0.257. The van der Waals surface area contributed by atoms with Gasteiger partial charge in [-0.2, -0.15) is 0 Å². The molecule has 3 unspecified atom stereocenters. The van der Waals surface area contributed by atoms with Crippen LogP contribution in [0.3, 0.4) is 0 Å². The Morgan fingerprint density at radius 1 is 0.915 bits per heavy atom. The van der Waals surface area contributed by atoms with E-state index in [0.717, 1.165) is 21.7 Å². The molecule has 3 aliphatic heterocycles. The zero-order valence-corrected chi connectivity index (χ0v) is 25.9. The molecule has 5 aromatic rings. The highest BCUT2D eigenvalue weighted by atomic mass is 16.6. The van der Waals surface area contributed by atoms with E-state index in [1.54, 1.807) is 19.1 Å². The van der Waals surface area contributed by atoms with E-state index in [4.69, 9.17) is 18.9 Å². The van der Waals surface area contributed by atoms with Crippen molar-refractivity contribution in [1.82, 2.24) is 14.5 Å². The van der Waals surface area contributed by atoms with Crippen LogP contribution in [-0.4, -0.2) is 65.0 Å². The number of aliphatic hydroxyl groups is 1. The third-order valence-electron chi connectivity index (χ3n) is 9.82. The van der Waals surface area contributed by atoms with Crippen LogP contribution in [0, 0.1) is 0 Å². The highest BCUT2D eigenvalue weighted by Crippen LogP contribution is 2.58. The number of fused-ring (bicyclic) bond motifs is 13. The summed E-state index contributed by atoms with van der Waals surface area (Å²) in [5.74, 6) is -2.08. The predicted molar refractivity (Wildman–Crippen MR) is 171 cm³/mol. The van der Waals surface area contributed by atoms with Crippen molar-refractivity contribution in [3.8, 4) is 0 Å². The number of nitrogens with one attached hydrogen (secondary N) is 1. The number of rotatable bonds is 5. The van der Waals surface area contributed by atoms with Gasteiger partial charge in [0.2, 0.25) is 5.60 Å². The van der Waals surface area contributed by atoms with Gasteiger partial charge in [0.25, 0.3) is 5.91 Å². The summed E-state index contributed by atoms with van der Waals surface area (Å²) in [6.45, 7) is 1.93. The van der Waals surface area contributed by atoms with Crippen molar-refractivity contribution in [3.63, 3.8) is 0 Å². The molecule has 0 aliphatic carbocycles. The highest BCUT2D eigenvalue weighted by molar-refractivity contribution is 6.31. The lowest BCUT2D eigenvalue weighted by Crippen LogP contribution is -2.56. The standard InChI is InChI=1S/C35H29N3O9/c1-34-35(43,33(42)46-4)15-24(47-34)37-22-9-5-17(7-11-25(39)44-2)13-19(22)28-29-21(16-36-32(29)41)27-20-14-18(8-12-26(40)45-3)6-10-23(20)38(34)31(27)30(28)37/h5-14,24,43H,15-16H2,1-4H3,(H,36,41)/b11-7-,12-8-. The summed E-state index contributed by atoms with van der Waals surface area (Å²) in [5, 5.41) is 18.2. The Balaban J connectivity index is 1.57. The first-order valence-electron chi connectivity index (χ1n) is 15.0. The van der Waals surface area contributed by atoms with Gasteiger partial charge in [0.1, 0.15) is 6.23 Å². The zero-order chi connectivity index (χ0) is 33.0. The Bertz CT molecular complexity index is 2340. The SMILES string of the molecule is COC(=O)/C=C\c1ccc2c(c1)c1c3c(c4c5cc(/C=C\C(=O)OC)ccc5n5c4c1n2C1CC(O)(C(=O)OC)C5(C)O1)CNC3=O. The minimum Gasteiger partial charge on any atom is -0.467 e. The second kappa shape index (κ2) is 9.77. The number of esters is 3. The summed E-state index contributed by atoms with van der Waals surface area (Å²) in [6, 6.07) is 11.2. The van der Waals surface area contributed by atoms with E-state index in [1.807, 2.05) is 45.5 Å². The highest BCUT2D eigenvalue weighted by Gasteiger charge is 2.65. The Morgan fingerprint density at radius 2 is 1.53 bits per heavy atom. The fourth-order valence-electron chi connectivity index (χ4n) is 7.70. The Kier molecular flexibility index (Phi) is 6.02. The Hall–Kier alpha value is -5.46. The second-order valence-electron chi connectivity index (χ2n) is 12.1. The van der Waals surface area contributed by atoms with Crippen LogP contribution >= 0.6 is 0 Å². The minimum atomic E-state index is -2.09. The first-order valence-corrected chi connectivity index (χ1v) is 15.0. The number of hydrogen-bond acceptors (Lipinski definition) is 9. The normalized spacial score (nSPS) is 23.0. The minimum absolute atomic E-state index is 0.122. The van der Waals surface area contributed by atoms with Crippen molar-refractivity contribution in [1.29, 1.82) is 0 Å². The molecule has 2 N–H and O–H groups in total. The Labute approximate surface area is 266 Å². The van der Waals surface area contributed by atoms with Crippen LogP contribution in [0.25, 0.3) is 55.8 Å². The van der Waals surface area contributed by atoms with E-state index >= 15 is 0 Å². The van der Waals surface area contributed by atoms with Crippen molar-refractivity contribution in [2.24, 2.45) is 0 Å². The maximum atomic E-state index is 13.7. The van der Waals surface area contributed by atoms with Crippen molar-refractivity contribution in [2.45, 2.75) is 37.4 Å². The van der Waals surface area contributed by atoms with Crippen molar-refractivity contribution >= 4 is 79.6 Å². The van der Waals surface area contributed by atoms with Crippen LogP contribution in [0.2, 0.25) is 0 Å². The van der Waals surface area contributed by atoms with Crippen LogP contribution < -0.4 is 5.32 Å². The largest absolute Gasteiger partial charge is 0.467 e. The number of methoxy groups -OCH3 is 3. The van der Waals surface area contributed by atoms with Gasteiger partial charge < -0.3 is 38.5 Å². The Morgan fingerprint density at radius 3 is 2.15 bits per heavy atom. The third-order valence-corrected chi connectivity index (χ3v) is 9.82. The molecule has 238 valence electrons. The topological polar surface area (TPSA) is 147 Å². The summed E-state index contributed by atoms with van der Waals surface area (Å²) in [6.07, 6.45) is 4.98. The molecular weight excluding hydrogens is 606 g/mol. The average Bonchev–Trinajstić information content (AvgIpc) is 3.77. The molecule has 1 saturated heterocycles. The molecule has 2 aromatic heterocycles. The lowest BCUT2D eigenvalue weighted by molar-refractivity contribution is -0.202. The molecule has 1 amide bonds. The van der Waals surface area contributed by atoms with E-state index < -0.39 is 35.5 Å². The van der Waals surface area contributed by atoms with Crippen LogP contribution in [0.4, 0.5) is 0 Å². The van der Waals surface area contributed by atoms with Crippen molar-refractivity contribution in [2.75, 3.05) is 21.3 Å². The van der Waals surface area contributed by atoms with Crippen LogP contribution in [0.5, 0.6) is 0 Å². The number of aromatic nitrogens is 2. The molecule has 8 rings (SSSR count). The van der Waals surface area contributed by atoms with E-state index in [9.17, 15) is 24.3 Å². The number of amides is 1. The summed E-state index contributed by atoms with van der Waals surface area (Å²) < 4.78 is 25.3. The first-order chi connectivity index (χ1) is 22.6. The molecule has 3 aromatic carbocycles. The van der Waals surface area contributed by atoms with Gasteiger partial charge in [0.15, 0.2) is 5.72 Å².